The molecule has 0 bridgehead atoms. The number of rotatable bonds is 4. The number of carbonyl (C=O) groups is 2. The summed E-state index contributed by atoms with van der Waals surface area (Å²) >= 11 is 1.59. The van der Waals surface area contributed by atoms with Gasteiger partial charge in [-0.3, -0.25) is 9.59 Å². The van der Waals surface area contributed by atoms with Crippen LogP contribution in [0.4, 0.5) is 0 Å². The SMILES string of the molecule is CC(C)n1ncc2c(C(=O)NC3CCC(=O)NC3)cc(-c3cccs3)nc21. The predicted octanol–water partition coefficient (Wildman–Crippen LogP) is 2.75. The summed E-state index contributed by atoms with van der Waals surface area (Å²) in [6, 6.07) is 5.86. The van der Waals surface area contributed by atoms with Gasteiger partial charge in [0.25, 0.3) is 5.91 Å². The highest BCUT2D eigenvalue weighted by atomic mass is 32.1. The lowest BCUT2D eigenvalue weighted by atomic mass is 10.1. The van der Waals surface area contributed by atoms with Crippen molar-refractivity contribution >= 4 is 34.2 Å². The number of carbonyl (C=O) groups excluding carboxylic acids is 2. The van der Waals surface area contributed by atoms with Crippen LogP contribution in [0.3, 0.4) is 0 Å². The van der Waals surface area contributed by atoms with Gasteiger partial charge in [0.1, 0.15) is 0 Å². The Hall–Kier alpha value is -2.74. The Kier molecular flexibility index (Phi) is 4.65. The zero-order valence-electron chi connectivity index (χ0n) is 15.2. The molecule has 0 spiro atoms. The lowest BCUT2D eigenvalue weighted by Gasteiger charge is -2.23. The fourth-order valence-electron chi connectivity index (χ4n) is 3.25. The molecule has 1 fully saturated rings. The molecule has 4 rings (SSSR count). The monoisotopic (exact) mass is 383 g/mol. The number of nitrogens with one attached hydrogen (secondary N) is 2. The minimum atomic E-state index is -0.162. The summed E-state index contributed by atoms with van der Waals surface area (Å²) in [5.41, 5.74) is 2.03. The van der Waals surface area contributed by atoms with Crippen LogP contribution in [0.5, 0.6) is 0 Å². The molecule has 2 amide bonds. The summed E-state index contributed by atoms with van der Waals surface area (Å²) in [7, 11) is 0. The molecule has 27 heavy (non-hydrogen) atoms. The van der Waals surface area contributed by atoms with E-state index in [9.17, 15) is 9.59 Å². The molecule has 7 nitrogen and oxygen atoms in total. The Labute approximate surface area is 160 Å². The van der Waals surface area contributed by atoms with Gasteiger partial charge in [0.2, 0.25) is 5.91 Å². The third kappa shape index (κ3) is 3.44. The second kappa shape index (κ2) is 7.11. The second-order valence-corrected chi connectivity index (χ2v) is 7.91. The third-order valence-electron chi connectivity index (χ3n) is 4.67. The Morgan fingerprint density at radius 2 is 2.30 bits per heavy atom. The van der Waals surface area contributed by atoms with Gasteiger partial charge in [0, 0.05) is 25.0 Å². The molecule has 1 unspecified atom stereocenters. The first-order valence-corrected chi connectivity index (χ1v) is 9.90. The standard InChI is InChI=1S/C19H21N5O2S/c1-11(2)24-18-14(10-21-24)13(8-15(23-18)16-4-3-7-27-16)19(26)22-12-5-6-17(25)20-9-12/h3-4,7-8,10-12H,5-6,9H2,1-2H3,(H,20,25)(H,22,26). The van der Waals surface area contributed by atoms with Crippen molar-refractivity contribution < 1.29 is 9.59 Å². The maximum atomic E-state index is 13.0. The van der Waals surface area contributed by atoms with E-state index in [2.05, 4.69) is 15.7 Å². The number of piperidine rings is 1. The van der Waals surface area contributed by atoms with Crippen molar-refractivity contribution in [3.63, 3.8) is 0 Å². The maximum Gasteiger partial charge on any atom is 0.252 e. The van der Waals surface area contributed by atoms with Crippen molar-refractivity contribution in [2.24, 2.45) is 0 Å². The van der Waals surface area contributed by atoms with E-state index in [1.165, 1.54) is 0 Å². The normalized spacial score (nSPS) is 17.3. The van der Waals surface area contributed by atoms with Gasteiger partial charge in [-0.1, -0.05) is 6.07 Å². The molecule has 1 saturated heterocycles. The van der Waals surface area contributed by atoms with Gasteiger partial charge >= 0.3 is 0 Å². The van der Waals surface area contributed by atoms with E-state index in [4.69, 9.17) is 4.98 Å². The highest BCUT2D eigenvalue weighted by molar-refractivity contribution is 7.13. The van der Waals surface area contributed by atoms with E-state index in [1.807, 2.05) is 42.1 Å². The first-order valence-electron chi connectivity index (χ1n) is 9.02. The number of pyridine rings is 1. The maximum absolute atomic E-state index is 13.0. The fraction of sp³-hybridized carbons (Fsp3) is 0.368. The first-order chi connectivity index (χ1) is 13.0. The largest absolute Gasteiger partial charge is 0.354 e. The zero-order chi connectivity index (χ0) is 19.0. The summed E-state index contributed by atoms with van der Waals surface area (Å²) in [5.74, 6) is -0.130. The first kappa shape index (κ1) is 17.7. The number of aromatic nitrogens is 3. The minimum Gasteiger partial charge on any atom is -0.354 e. The summed E-state index contributed by atoms with van der Waals surface area (Å²) < 4.78 is 1.84. The van der Waals surface area contributed by atoms with E-state index in [1.54, 1.807) is 17.5 Å². The van der Waals surface area contributed by atoms with Gasteiger partial charge in [-0.2, -0.15) is 5.10 Å². The van der Waals surface area contributed by atoms with Crippen LogP contribution in [-0.4, -0.2) is 39.2 Å². The molecule has 8 heteroatoms. The molecular weight excluding hydrogens is 362 g/mol. The molecule has 0 radical (unpaired) electrons. The van der Waals surface area contributed by atoms with Crippen molar-refractivity contribution in [3.8, 4) is 10.6 Å². The van der Waals surface area contributed by atoms with E-state index in [-0.39, 0.29) is 23.9 Å². The van der Waals surface area contributed by atoms with Crippen LogP contribution in [0.15, 0.2) is 29.8 Å². The Bertz CT molecular complexity index is 983. The van der Waals surface area contributed by atoms with Crippen molar-refractivity contribution in [1.29, 1.82) is 0 Å². The summed E-state index contributed by atoms with van der Waals surface area (Å²) in [5, 5.41) is 13.0. The van der Waals surface area contributed by atoms with Gasteiger partial charge in [0.05, 0.1) is 27.7 Å². The number of fused-ring (bicyclic) bond motifs is 1. The number of nitrogens with zero attached hydrogens (tertiary/aromatic N) is 3. The van der Waals surface area contributed by atoms with Crippen molar-refractivity contribution in [3.05, 3.63) is 35.3 Å². The molecule has 2 N–H and O–H groups in total. The van der Waals surface area contributed by atoms with Gasteiger partial charge in [-0.15, -0.1) is 11.3 Å². The quantitative estimate of drug-likeness (QED) is 0.725. The third-order valence-corrected chi connectivity index (χ3v) is 5.57. The lowest BCUT2D eigenvalue weighted by molar-refractivity contribution is -0.122. The Morgan fingerprint density at radius 3 is 2.96 bits per heavy atom. The zero-order valence-corrected chi connectivity index (χ0v) is 16.0. The summed E-state index contributed by atoms with van der Waals surface area (Å²) in [6.45, 7) is 4.54. The average molecular weight is 383 g/mol. The van der Waals surface area contributed by atoms with Crippen molar-refractivity contribution in [2.45, 2.75) is 38.8 Å². The summed E-state index contributed by atoms with van der Waals surface area (Å²) in [4.78, 5) is 30.1. The highest BCUT2D eigenvalue weighted by Gasteiger charge is 2.23. The summed E-state index contributed by atoms with van der Waals surface area (Å²) in [6.07, 6.45) is 2.79. The number of amides is 2. The smallest absolute Gasteiger partial charge is 0.252 e. The topological polar surface area (TPSA) is 88.9 Å². The number of hydrogen-bond donors (Lipinski definition) is 2. The predicted molar refractivity (Wildman–Crippen MR) is 105 cm³/mol. The molecule has 3 aromatic heterocycles. The van der Waals surface area contributed by atoms with E-state index in [0.29, 0.717) is 30.6 Å². The van der Waals surface area contributed by atoms with Crippen LogP contribution < -0.4 is 10.6 Å². The van der Waals surface area contributed by atoms with E-state index < -0.39 is 0 Å². The molecule has 0 aliphatic carbocycles. The molecular formula is C19H21N5O2S. The van der Waals surface area contributed by atoms with Crippen LogP contribution in [0, 0.1) is 0 Å². The van der Waals surface area contributed by atoms with Crippen LogP contribution in [0.25, 0.3) is 21.6 Å². The van der Waals surface area contributed by atoms with E-state index >= 15 is 0 Å². The van der Waals surface area contributed by atoms with Crippen LogP contribution in [-0.2, 0) is 4.79 Å². The van der Waals surface area contributed by atoms with Crippen molar-refractivity contribution in [1.82, 2.24) is 25.4 Å². The van der Waals surface area contributed by atoms with Gasteiger partial charge < -0.3 is 10.6 Å². The molecule has 0 aromatic carbocycles. The number of thiophene rings is 1. The molecule has 1 atom stereocenters. The average Bonchev–Trinajstić information content (AvgIpc) is 3.32. The minimum absolute atomic E-state index is 0.0324. The molecule has 0 saturated carbocycles. The number of hydrogen-bond acceptors (Lipinski definition) is 5. The fourth-order valence-corrected chi connectivity index (χ4v) is 3.94. The van der Waals surface area contributed by atoms with Gasteiger partial charge in [-0.05, 0) is 37.8 Å². The Balaban J connectivity index is 1.74. The Morgan fingerprint density at radius 1 is 1.44 bits per heavy atom. The highest BCUT2D eigenvalue weighted by Crippen LogP contribution is 2.29. The van der Waals surface area contributed by atoms with Gasteiger partial charge in [-0.25, -0.2) is 9.67 Å². The van der Waals surface area contributed by atoms with Crippen LogP contribution in [0.1, 0.15) is 43.1 Å². The molecule has 3 aromatic rings. The molecule has 4 heterocycles. The van der Waals surface area contributed by atoms with Crippen LogP contribution >= 0.6 is 11.3 Å². The second-order valence-electron chi connectivity index (χ2n) is 6.97. The van der Waals surface area contributed by atoms with Gasteiger partial charge in [0.15, 0.2) is 5.65 Å². The van der Waals surface area contributed by atoms with Crippen molar-refractivity contribution in [2.75, 3.05) is 6.54 Å². The molecule has 1 aliphatic rings. The molecule has 1 aliphatic heterocycles. The lowest BCUT2D eigenvalue weighted by Crippen LogP contribution is -2.47. The van der Waals surface area contributed by atoms with Crippen LogP contribution in [0.2, 0.25) is 0 Å². The van der Waals surface area contributed by atoms with E-state index in [0.717, 1.165) is 16.0 Å². The molecule has 140 valence electrons.